The van der Waals surface area contributed by atoms with Gasteiger partial charge >= 0.3 is 0 Å². The highest BCUT2D eigenvalue weighted by atomic mass is 16.5. The van der Waals surface area contributed by atoms with Crippen LogP contribution in [0.3, 0.4) is 0 Å². The second-order valence-corrected chi connectivity index (χ2v) is 5.90. The predicted molar refractivity (Wildman–Crippen MR) is 80.5 cm³/mol. The van der Waals surface area contributed by atoms with Gasteiger partial charge in [0.25, 0.3) is 5.56 Å². The van der Waals surface area contributed by atoms with Gasteiger partial charge in [-0.05, 0) is 25.0 Å². The van der Waals surface area contributed by atoms with E-state index in [2.05, 4.69) is 4.98 Å². The fraction of sp³-hybridized carbons (Fsp3) is 0.500. The van der Waals surface area contributed by atoms with E-state index in [4.69, 9.17) is 4.74 Å². The van der Waals surface area contributed by atoms with Crippen molar-refractivity contribution >= 4 is 10.9 Å². The summed E-state index contributed by atoms with van der Waals surface area (Å²) in [6, 6.07) is 5.36. The van der Waals surface area contributed by atoms with Gasteiger partial charge in [0.2, 0.25) is 0 Å². The molecule has 5 nitrogen and oxygen atoms in total. The molecule has 0 aliphatic heterocycles. The molecule has 1 aromatic heterocycles. The standard InChI is InChI=1S/C16H20N2O3/c1-21-13-6-4-5-12-14(13)17-11-18(15(12)20)9-16(10-19)7-2-3-8-16/h4-6,11,19H,2-3,7-10H2,1H3. The number of hydrogen-bond acceptors (Lipinski definition) is 4. The zero-order chi connectivity index (χ0) is 14.9. The van der Waals surface area contributed by atoms with Crippen molar-refractivity contribution in [3.63, 3.8) is 0 Å². The third kappa shape index (κ3) is 2.42. The van der Waals surface area contributed by atoms with E-state index in [0.717, 1.165) is 25.7 Å². The van der Waals surface area contributed by atoms with E-state index >= 15 is 0 Å². The Morgan fingerprint density at radius 3 is 2.81 bits per heavy atom. The van der Waals surface area contributed by atoms with Crippen molar-refractivity contribution < 1.29 is 9.84 Å². The smallest absolute Gasteiger partial charge is 0.261 e. The minimum atomic E-state index is -0.169. The lowest BCUT2D eigenvalue weighted by Gasteiger charge is -2.27. The highest BCUT2D eigenvalue weighted by Crippen LogP contribution is 2.38. The number of benzene rings is 1. The fourth-order valence-corrected chi connectivity index (χ4v) is 3.29. The van der Waals surface area contributed by atoms with Gasteiger partial charge in [-0.1, -0.05) is 18.9 Å². The maximum atomic E-state index is 12.6. The number of rotatable bonds is 4. The van der Waals surface area contributed by atoms with E-state index in [0.29, 0.717) is 23.2 Å². The number of methoxy groups -OCH3 is 1. The van der Waals surface area contributed by atoms with Gasteiger partial charge in [-0.25, -0.2) is 4.98 Å². The van der Waals surface area contributed by atoms with Crippen LogP contribution in [0.25, 0.3) is 10.9 Å². The van der Waals surface area contributed by atoms with E-state index in [1.54, 1.807) is 36.2 Å². The molecule has 21 heavy (non-hydrogen) atoms. The molecule has 0 spiro atoms. The van der Waals surface area contributed by atoms with Crippen molar-refractivity contribution in [1.29, 1.82) is 0 Å². The molecule has 112 valence electrons. The summed E-state index contributed by atoms with van der Waals surface area (Å²) < 4.78 is 6.87. The minimum absolute atomic E-state index is 0.0707. The van der Waals surface area contributed by atoms with Crippen LogP contribution in [0.4, 0.5) is 0 Å². The summed E-state index contributed by atoms with van der Waals surface area (Å²) in [5.74, 6) is 0.606. The average molecular weight is 288 g/mol. The minimum Gasteiger partial charge on any atom is -0.494 e. The molecule has 1 N–H and O–H groups in total. The second-order valence-electron chi connectivity index (χ2n) is 5.90. The lowest BCUT2D eigenvalue weighted by atomic mass is 9.87. The van der Waals surface area contributed by atoms with E-state index < -0.39 is 0 Å². The Labute approximate surface area is 123 Å². The summed E-state index contributed by atoms with van der Waals surface area (Å²) in [6.07, 6.45) is 5.73. The monoisotopic (exact) mass is 288 g/mol. The van der Waals surface area contributed by atoms with Gasteiger partial charge in [0.15, 0.2) is 0 Å². The average Bonchev–Trinajstić information content (AvgIpc) is 2.99. The van der Waals surface area contributed by atoms with E-state index in [1.165, 1.54) is 0 Å². The number of ether oxygens (including phenoxy) is 1. The topological polar surface area (TPSA) is 64.3 Å². The van der Waals surface area contributed by atoms with E-state index in [9.17, 15) is 9.90 Å². The normalized spacial score (nSPS) is 17.2. The lowest BCUT2D eigenvalue weighted by Crippen LogP contribution is -2.33. The Morgan fingerprint density at radius 2 is 2.14 bits per heavy atom. The molecule has 0 unspecified atom stereocenters. The first kappa shape index (κ1) is 14.1. The molecular weight excluding hydrogens is 268 g/mol. The molecule has 0 amide bonds. The van der Waals surface area contributed by atoms with E-state index in [1.807, 2.05) is 0 Å². The molecule has 0 radical (unpaired) electrons. The largest absolute Gasteiger partial charge is 0.494 e. The molecule has 2 aromatic rings. The fourth-order valence-electron chi connectivity index (χ4n) is 3.29. The molecule has 1 aliphatic carbocycles. The van der Waals surface area contributed by atoms with Gasteiger partial charge in [-0.2, -0.15) is 0 Å². The van der Waals surface area contributed by atoms with Crippen molar-refractivity contribution in [1.82, 2.24) is 9.55 Å². The summed E-state index contributed by atoms with van der Waals surface area (Å²) >= 11 is 0. The molecule has 5 heteroatoms. The molecule has 1 fully saturated rings. The van der Waals surface area contributed by atoms with Crippen LogP contribution in [0, 0.1) is 5.41 Å². The number of hydrogen-bond donors (Lipinski definition) is 1. The van der Waals surface area contributed by atoms with Crippen LogP contribution in [-0.2, 0) is 6.54 Å². The van der Waals surface area contributed by atoms with Crippen molar-refractivity contribution in [3.05, 3.63) is 34.9 Å². The Balaban J connectivity index is 2.05. The quantitative estimate of drug-likeness (QED) is 0.934. The summed E-state index contributed by atoms with van der Waals surface area (Å²) in [5, 5.41) is 10.3. The number of aliphatic hydroxyl groups excluding tert-OH is 1. The number of para-hydroxylation sites is 1. The highest BCUT2D eigenvalue weighted by Gasteiger charge is 2.34. The van der Waals surface area contributed by atoms with Gasteiger partial charge in [-0.3, -0.25) is 9.36 Å². The van der Waals surface area contributed by atoms with Gasteiger partial charge in [0.1, 0.15) is 11.3 Å². The molecule has 1 aliphatic rings. The first-order valence-electron chi connectivity index (χ1n) is 7.32. The summed E-state index contributed by atoms with van der Waals surface area (Å²) in [6.45, 7) is 0.651. The van der Waals surface area contributed by atoms with Crippen LogP contribution in [0.5, 0.6) is 5.75 Å². The van der Waals surface area contributed by atoms with Crippen molar-refractivity contribution in [2.75, 3.05) is 13.7 Å². The molecule has 0 atom stereocenters. The Bertz CT molecular complexity index is 702. The Kier molecular flexibility index (Phi) is 3.68. The summed E-state index contributed by atoms with van der Waals surface area (Å²) in [5.41, 5.74) is 0.349. The third-order valence-corrected chi connectivity index (χ3v) is 4.54. The zero-order valence-corrected chi connectivity index (χ0v) is 12.2. The molecule has 0 saturated heterocycles. The number of fused-ring (bicyclic) bond motifs is 1. The number of aromatic nitrogens is 2. The third-order valence-electron chi connectivity index (χ3n) is 4.54. The zero-order valence-electron chi connectivity index (χ0n) is 12.2. The van der Waals surface area contributed by atoms with Crippen LogP contribution in [0.2, 0.25) is 0 Å². The van der Waals surface area contributed by atoms with Gasteiger partial charge in [-0.15, -0.1) is 0 Å². The van der Waals surface area contributed by atoms with E-state index in [-0.39, 0.29) is 17.6 Å². The highest BCUT2D eigenvalue weighted by molar-refractivity contribution is 5.83. The number of aliphatic hydroxyl groups is 1. The predicted octanol–water partition coefficient (Wildman–Crippen LogP) is 1.96. The van der Waals surface area contributed by atoms with Crippen molar-refractivity contribution in [2.24, 2.45) is 5.41 Å². The molecule has 3 rings (SSSR count). The summed E-state index contributed by atoms with van der Waals surface area (Å²) in [4.78, 5) is 17.0. The summed E-state index contributed by atoms with van der Waals surface area (Å²) in [7, 11) is 1.57. The first-order chi connectivity index (χ1) is 10.2. The van der Waals surface area contributed by atoms with Gasteiger partial charge < -0.3 is 9.84 Å². The second kappa shape index (κ2) is 5.48. The molecule has 1 aromatic carbocycles. The van der Waals surface area contributed by atoms with Crippen molar-refractivity contribution in [2.45, 2.75) is 32.2 Å². The van der Waals surface area contributed by atoms with Gasteiger partial charge in [0.05, 0.1) is 25.4 Å². The molecular formula is C16H20N2O3. The SMILES string of the molecule is COc1cccc2c(=O)n(CC3(CO)CCCC3)cnc12. The van der Waals surface area contributed by atoms with Crippen LogP contribution in [-0.4, -0.2) is 28.4 Å². The molecule has 1 heterocycles. The molecule has 0 bridgehead atoms. The lowest BCUT2D eigenvalue weighted by molar-refractivity contribution is 0.110. The van der Waals surface area contributed by atoms with Crippen LogP contribution in [0.15, 0.2) is 29.3 Å². The Hall–Kier alpha value is -1.88. The van der Waals surface area contributed by atoms with Crippen LogP contribution in [0.1, 0.15) is 25.7 Å². The maximum absolute atomic E-state index is 12.6. The van der Waals surface area contributed by atoms with Crippen LogP contribution < -0.4 is 10.3 Å². The van der Waals surface area contributed by atoms with Crippen molar-refractivity contribution in [3.8, 4) is 5.75 Å². The Morgan fingerprint density at radius 1 is 1.38 bits per heavy atom. The number of nitrogens with zero attached hydrogens (tertiary/aromatic N) is 2. The first-order valence-corrected chi connectivity index (χ1v) is 7.32. The van der Waals surface area contributed by atoms with Gasteiger partial charge in [0, 0.05) is 12.0 Å². The van der Waals surface area contributed by atoms with Crippen LogP contribution >= 0.6 is 0 Å². The molecule has 1 saturated carbocycles. The maximum Gasteiger partial charge on any atom is 0.261 e.